The molecule has 0 aliphatic carbocycles. The molecule has 0 radical (unpaired) electrons. The Balaban J connectivity index is 1.89. The maximum absolute atomic E-state index is 13.5. The van der Waals surface area contributed by atoms with Gasteiger partial charge in [-0.25, -0.2) is 17.5 Å². The number of hydrogen-bond acceptors (Lipinski definition) is 4. The SMILES string of the molecule is COCCNS(=O)(=O)c1ccc(CNCc2ccccc2F)cc1. The van der Waals surface area contributed by atoms with Crippen LogP contribution < -0.4 is 10.0 Å². The first-order valence-electron chi connectivity index (χ1n) is 7.54. The summed E-state index contributed by atoms with van der Waals surface area (Å²) in [6, 6.07) is 13.2. The molecule has 0 unspecified atom stereocenters. The summed E-state index contributed by atoms with van der Waals surface area (Å²) in [5.41, 5.74) is 1.52. The van der Waals surface area contributed by atoms with Crippen molar-refractivity contribution in [1.82, 2.24) is 10.0 Å². The first kappa shape index (κ1) is 18.5. The minimum absolute atomic E-state index is 0.205. The summed E-state index contributed by atoms with van der Waals surface area (Å²) in [6.45, 7) is 1.47. The molecule has 0 saturated heterocycles. The Morgan fingerprint density at radius 2 is 1.75 bits per heavy atom. The third kappa shape index (κ3) is 5.38. The minimum atomic E-state index is -3.52. The molecular weight excluding hydrogens is 331 g/mol. The summed E-state index contributed by atoms with van der Waals surface area (Å²) in [7, 11) is -2.01. The number of sulfonamides is 1. The molecule has 0 aliphatic rings. The van der Waals surface area contributed by atoms with Crippen LogP contribution in [0.1, 0.15) is 11.1 Å². The van der Waals surface area contributed by atoms with Crippen molar-refractivity contribution in [2.45, 2.75) is 18.0 Å². The summed E-state index contributed by atoms with van der Waals surface area (Å²) in [6.07, 6.45) is 0. The van der Waals surface area contributed by atoms with Crippen molar-refractivity contribution >= 4 is 10.0 Å². The number of benzene rings is 2. The first-order chi connectivity index (χ1) is 11.5. The van der Waals surface area contributed by atoms with Crippen molar-refractivity contribution in [2.24, 2.45) is 0 Å². The molecule has 0 amide bonds. The molecule has 130 valence electrons. The lowest BCUT2D eigenvalue weighted by atomic mass is 10.2. The van der Waals surface area contributed by atoms with Gasteiger partial charge in [-0.1, -0.05) is 30.3 Å². The molecule has 0 bridgehead atoms. The number of ether oxygens (including phenoxy) is 1. The fraction of sp³-hybridized carbons (Fsp3) is 0.294. The van der Waals surface area contributed by atoms with Gasteiger partial charge in [-0.2, -0.15) is 0 Å². The standard InChI is InChI=1S/C17H21FN2O3S/c1-23-11-10-20-24(21,22)16-8-6-14(7-9-16)12-19-13-15-4-2-3-5-17(15)18/h2-9,19-20H,10-13H2,1H3. The van der Waals surface area contributed by atoms with E-state index in [2.05, 4.69) is 10.0 Å². The van der Waals surface area contributed by atoms with E-state index in [0.717, 1.165) is 5.56 Å². The second-order valence-corrected chi connectivity index (χ2v) is 7.00. The van der Waals surface area contributed by atoms with E-state index in [4.69, 9.17) is 4.74 Å². The Bertz CT molecular complexity index is 749. The van der Waals surface area contributed by atoms with Crippen LogP contribution >= 0.6 is 0 Å². The predicted octanol–water partition coefficient (Wildman–Crippen LogP) is 2.04. The van der Waals surface area contributed by atoms with Crippen molar-refractivity contribution in [2.75, 3.05) is 20.3 Å². The van der Waals surface area contributed by atoms with Crippen LogP contribution in [-0.2, 0) is 27.8 Å². The van der Waals surface area contributed by atoms with Gasteiger partial charge < -0.3 is 10.1 Å². The van der Waals surface area contributed by atoms with Crippen LogP contribution in [0.15, 0.2) is 53.4 Å². The molecule has 0 aromatic heterocycles. The molecule has 2 aromatic rings. The zero-order chi connectivity index (χ0) is 17.4. The fourth-order valence-corrected chi connectivity index (χ4v) is 3.14. The Hall–Kier alpha value is -1.80. The minimum Gasteiger partial charge on any atom is -0.383 e. The molecule has 2 N–H and O–H groups in total. The van der Waals surface area contributed by atoms with Gasteiger partial charge in [0, 0.05) is 32.3 Å². The molecule has 5 nitrogen and oxygen atoms in total. The fourth-order valence-electron chi connectivity index (χ4n) is 2.13. The molecule has 0 saturated carbocycles. The normalized spacial score (nSPS) is 11.6. The summed E-state index contributed by atoms with van der Waals surface area (Å²) >= 11 is 0. The molecule has 0 spiro atoms. The highest BCUT2D eigenvalue weighted by atomic mass is 32.2. The lowest BCUT2D eigenvalue weighted by Gasteiger charge is -2.08. The lowest BCUT2D eigenvalue weighted by Crippen LogP contribution is -2.27. The van der Waals surface area contributed by atoms with Gasteiger partial charge in [0.05, 0.1) is 11.5 Å². The molecule has 7 heteroatoms. The first-order valence-corrected chi connectivity index (χ1v) is 9.03. The van der Waals surface area contributed by atoms with Gasteiger partial charge in [-0.15, -0.1) is 0 Å². The Kier molecular flexibility index (Phi) is 6.86. The van der Waals surface area contributed by atoms with E-state index < -0.39 is 10.0 Å². The molecular formula is C17H21FN2O3S. The van der Waals surface area contributed by atoms with Crippen LogP contribution in [0.25, 0.3) is 0 Å². The maximum atomic E-state index is 13.5. The molecule has 0 aliphatic heterocycles. The van der Waals surface area contributed by atoms with E-state index in [-0.39, 0.29) is 17.3 Å². The number of methoxy groups -OCH3 is 1. The highest BCUT2D eigenvalue weighted by molar-refractivity contribution is 7.89. The number of halogens is 1. The van der Waals surface area contributed by atoms with Crippen molar-refractivity contribution < 1.29 is 17.5 Å². The summed E-state index contributed by atoms with van der Waals surface area (Å²) in [5.74, 6) is -0.242. The van der Waals surface area contributed by atoms with Gasteiger partial charge in [0.25, 0.3) is 0 Å². The zero-order valence-electron chi connectivity index (χ0n) is 13.5. The second kappa shape index (κ2) is 8.89. The molecule has 0 fully saturated rings. The van der Waals surface area contributed by atoms with E-state index in [1.54, 1.807) is 42.5 Å². The molecule has 2 rings (SSSR count). The number of hydrogen-bond donors (Lipinski definition) is 2. The van der Waals surface area contributed by atoms with Gasteiger partial charge in [0.15, 0.2) is 0 Å². The van der Waals surface area contributed by atoms with E-state index in [9.17, 15) is 12.8 Å². The zero-order valence-corrected chi connectivity index (χ0v) is 14.3. The topological polar surface area (TPSA) is 67.4 Å². The summed E-state index contributed by atoms with van der Waals surface area (Å²) < 4.78 is 44.8. The van der Waals surface area contributed by atoms with E-state index in [1.807, 2.05) is 0 Å². The molecule has 0 atom stereocenters. The van der Waals surface area contributed by atoms with Crippen LogP contribution in [0.4, 0.5) is 4.39 Å². The third-order valence-electron chi connectivity index (χ3n) is 3.43. The van der Waals surface area contributed by atoms with Gasteiger partial charge in [-0.3, -0.25) is 0 Å². The largest absolute Gasteiger partial charge is 0.383 e. The average molecular weight is 352 g/mol. The monoisotopic (exact) mass is 352 g/mol. The molecule has 24 heavy (non-hydrogen) atoms. The van der Waals surface area contributed by atoms with E-state index in [0.29, 0.717) is 25.3 Å². The highest BCUT2D eigenvalue weighted by Crippen LogP contribution is 2.11. The summed E-state index contributed by atoms with van der Waals surface area (Å²) in [4.78, 5) is 0.205. The lowest BCUT2D eigenvalue weighted by molar-refractivity contribution is 0.204. The van der Waals surface area contributed by atoms with Crippen LogP contribution in [0.2, 0.25) is 0 Å². The van der Waals surface area contributed by atoms with Gasteiger partial charge in [0.2, 0.25) is 10.0 Å². The van der Waals surface area contributed by atoms with Gasteiger partial charge in [-0.05, 0) is 23.8 Å². The Morgan fingerprint density at radius 3 is 2.42 bits per heavy atom. The van der Waals surface area contributed by atoms with Crippen molar-refractivity contribution in [3.05, 3.63) is 65.5 Å². The Labute approximate surface area is 141 Å². The van der Waals surface area contributed by atoms with Crippen LogP contribution in [0.3, 0.4) is 0 Å². The van der Waals surface area contributed by atoms with Crippen molar-refractivity contribution in [3.63, 3.8) is 0 Å². The quantitative estimate of drug-likeness (QED) is 0.678. The third-order valence-corrected chi connectivity index (χ3v) is 4.91. The van der Waals surface area contributed by atoms with E-state index in [1.165, 1.54) is 13.2 Å². The van der Waals surface area contributed by atoms with Gasteiger partial charge in [0.1, 0.15) is 5.82 Å². The van der Waals surface area contributed by atoms with Crippen molar-refractivity contribution in [3.8, 4) is 0 Å². The predicted molar refractivity (Wildman–Crippen MR) is 90.5 cm³/mol. The van der Waals surface area contributed by atoms with Crippen LogP contribution in [0, 0.1) is 5.82 Å². The van der Waals surface area contributed by atoms with Gasteiger partial charge >= 0.3 is 0 Å². The number of nitrogens with one attached hydrogen (secondary N) is 2. The average Bonchev–Trinajstić information content (AvgIpc) is 2.57. The Morgan fingerprint density at radius 1 is 1.04 bits per heavy atom. The molecule has 0 heterocycles. The second-order valence-electron chi connectivity index (χ2n) is 5.23. The summed E-state index contributed by atoms with van der Waals surface area (Å²) in [5, 5.41) is 3.14. The molecule has 2 aromatic carbocycles. The maximum Gasteiger partial charge on any atom is 0.240 e. The van der Waals surface area contributed by atoms with E-state index >= 15 is 0 Å². The number of rotatable bonds is 9. The van der Waals surface area contributed by atoms with Crippen LogP contribution in [-0.4, -0.2) is 28.7 Å². The van der Waals surface area contributed by atoms with Crippen LogP contribution in [0.5, 0.6) is 0 Å². The smallest absolute Gasteiger partial charge is 0.240 e. The highest BCUT2D eigenvalue weighted by Gasteiger charge is 2.12. The van der Waals surface area contributed by atoms with Crippen molar-refractivity contribution in [1.29, 1.82) is 0 Å².